The van der Waals surface area contributed by atoms with Gasteiger partial charge in [0.05, 0.1) is 12.5 Å². The molecule has 3 unspecified atom stereocenters. The highest BCUT2D eigenvalue weighted by atomic mass is 16.2. The third-order valence-corrected chi connectivity index (χ3v) is 3.96. The van der Waals surface area contributed by atoms with E-state index in [2.05, 4.69) is 12.2 Å². The summed E-state index contributed by atoms with van der Waals surface area (Å²) in [5.41, 5.74) is 6.10. The van der Waals surface area contributed by atoms with Crippen LogP contribution in [0.5, 0.6) is 0 Å². The summed E-state index contributed by atoms with van der Waals surface area (Å²) in [6.07, 6.45) is 2.82. The summed E-state index contributed by atoms with van der Waals surface area (Å²) < 4.78 is 0. The fraction of sp³-hybridized carbons (Fsp3) is 0.867. The van der Waals surface area contributed by atoms with Gasteiger partial charge in [-0.3, -0.25) is 9.59 Å². The van der Waals surface area contributed by atoms with Crippen LogP contribution < -0.4 is 11.1 Å². The maximum atomic E-state index is 12.6. The van der Waals surface area contributed by atoms with E-state index < -0.39 is 0 Å². The Morgan fingerprint density at radius 1 is 1.35 bits per heavy atom. The molecule has 5 heteroatoms. The van der Waals surface area contributed by atoms with Crippen LogP contribution in [0.3, 0.4) is 0 Å². The number of likely N-dealkylation sites (N-methyl/N-ethyl adjacent to an activating group) is 1. The highest BCUT2D eigenvalue weighted by molar-refractivity contribution is 5.86. The molecule has 2 amide bonds. The largest absolute Gasteiger partial charge is 0.352 e. The quantitative estimate of drug-likeness (QED) is 0.794. The molecule has 0 bridgehead atoms. The van der Waals surface area contributed by atoms with Crippen molar-refractivity contribution in [1.82, 2.24) is 10.2 Å². The number of hydrogen-bond donors (Lipinski definition) is 2. The topological polar surface area (TPSA) is 75.4 Å². The second kappa shape index (κ2) is 7.62. The van der Waals surface area contributed by atoms with E-state index in [0.29, 0.717) is 12.5 Å². The number of nitrogens with one attached hydrogen (secondary N) is 1. The molecule has 0 radical (unpaired) electrons. The Morgan fingerprint density at radius 2 is 2.00 bits per heavy atom. The van der Waals surface area contributed by atoms with Crippen LogP contribution in [0.1, 0.15) is 47.0 Å². The molecule has 0 aromatic heterocycles. The van der Waals surface area contributed by atoms with Gasteiger partial charge in [-0.15, -0.1) is 0 Å². The number of amides is 2. The third-order valence-electron chi connectivity index (χ3n) is 3.96. The number of hydrogen-bond acceptors (Lipinski definition) is 3. The summed E-state index contributed by atoms with van der Waals surface area (Å²) in [6.45, 7) is 8.56. The molecule has 20 heavy (non-hydrogen) atoms. The first-order chi connectivity index (χ1) is 9.35. The lowest BCUT2D eigenvalue weighted by Gasteiger charge is -2.35. The summed E-state index contributed by atoms with van der Waals surface area (Å²) >= 11 is 0. The van der Waals surface area contributed by atoms with Gasteiger partial charge in [-0.2, -0.15) is 0 Å². The van der Waals surface area contributed by atoms with Crippen LogP contribution >= 0.6 is 0 Å². The number of carbonyl (C=O) groups is 2. The fourth-order valence-corrected chi connectivity index (χ4v) is 2.81. The Hall–Kier alpha value is -1.10. The molecule has 1 aliphatic rings. The lowest BCUT2D eigenvalue weighted by Crippen LogP contribution is -2.50. The van der Waals surface area contributed by atoms with Crippen LogP contribution in [-0.4, -0.2) is 41.9 Å². The fourth-order valence-electron chi connectivity index (χ4n) is 2.81. The van der Waals surface area contributed by atoms with Crippen LogP contribution in [-0.2, 0) is 9.59 Å². The van der Waals surface area contributed by atoms with Gasteiger partial charge in [0, 0.05) is 18.6 Å². The zero-order chi connectivity index (χ0) is 15.3. The molecule has 116 valence electrons. The van der Waals surface area contributed by atoms with Crippen molar-refractivity contribution in [1.29, 1.82) is 0 Å². The van der Waals surface area contributed by atoms with Gasteiger partial charge in [0.25, 0.3) is 0 Å². The molecule has 1 rings (SSSR count). The molecule has 1 saturated carbocycles. The van der Waals surface area contributed by atoms with Crippen molar-refractivity contribution in [3.8, 4) is 0 Å². The lowest BCUT2D eigenvalue weighted by atomic mass is 9.78. The van der Waals surface area contributed by atoms with Gasteiger partial charge in [-0.05, 0) is 46.0 Å². The number of nitrogens with two attached hydrogens (primary N) is 1. The Labute approximate surface area is 122 Å². The van der Waals surface area contributed by atoms with E-state index in [0.717, 1.165) is 19.3 Å². The van der Waals surface area contributed by atoms with Gasteiger partial charge in [-0.25, -0.2) is 0 Å². The van der Waals surface area contributed by atoms with E-state index in [1.165, 1.54) is 0 Å². The van der Waals surface area contributed by atoms with Crippen molar-refractivity contribution in [3.63, 3.8) is 0 Å². The minimum absolute atomic E-state index is 0.0328. The van der Waals surface area contributed by atoms with Crippen molar-refractivity contribution >= 4 is 11.8 Å². The normalized spacial score (nSPS) is 26.4. The Kier molecular flexibility index (Phi) is 6.46. The van der Waals surface area contributed by atoms with Crippen molar-refractivity contribution in [2.75, 3.05) is 13.1 Å². The molecule has 0 spiro atoms. The van der Waals surface area contributed by atoms with Gasteiger partial charge in [-0.1, -0.05) is 6.92 Å². The van der Waals surface area contributed by atoms with Crippen LogP contribution in [0.4, 0.5) is 0 Å². The summed E-state index contributed by atoms with van der Waals surface area (Å²) in [4.78, 5) is 26.0. The summed E-state index contributed by atoms with van der Waals surface area (Å²) in [5, 5.41) is 2.82. The molecule has 0 aliphatic heterocycles. The molecule has 0 aromatic carbocycles. The predicted octanol–water partition coefficient (Wildman–Crippen LogP) is 1.12. The van der Waals surface area contributed by atoms with E-state index in [-0.39, 0.29) is 36.4 Å². The Morgan fingerprint density at radius 3 is 2.55 bits per heavy atom. The molecule has 1 aliphatic carbocycles. The van der Waals surface area contributed by atoms with Crippen LogP contribution in [0.2, 0.25) is 0 Å². The minimum Gasteiger partial charge on any atom is -0.352 e. The van der Waals surface area contributed by atoms with Crippen molar-refractivity contribution in [2.45, 2.75) is 59.0 Å². The van der Waals surface area contributed by atoms with Crippen LogP contribution in [0.25, 0.3) is 0 Å². The molecule has 0 saturated heterocycles. The van der Waals surface area contributed by atoms with Gasteiger partial charge in [0.15, 0.2) is 0 Å². The number of rotatable bonds is 5. The Balaban J connectivity index is 2.63. The number of carbonyl (C=O) groups excluding carboxylic acids is 2. The van der Waals surface area contributed by atoms with Crippen molar-refractivity contribution in [2.24, 2.45) is 17.6 Å². The SMILES string of the molecule is CCN(CC(=O)NC(C)C)C(=O)C1CC(C)CCC1N. The van der Waals surface area contributed by atoms with E-state index in [4.69, 9.17) is 5.73 Å². The van der Waals surface area contributed by atoms with Crippen LogP contribution in [0, 0.1) is 11.8 Å². The summed E-state index contributed by atoms with van der Waals surface area (Å²) in [6, 6.07) is 0.0224. The van der Waals surface area contributed by atoms with Crippen LogP contribution in [0.15, 0.2) is 0 Å². The standard InChI is InChI=1S/C15H29N3O2/c1-5-18(9-14(19)17-10(2)3)15(20)12-8-11(4)6-7-13(12)16/h10-13H,5-9,16H2,1-4H3,(H,17,19). The minimum atomic E-state index is -0.134. The second-order valence-electron chi connectivity index (χ2n) is 6.26. The molecule has 0 heterocycles. The molecule has 0 aromatic rings. The van der Waals surface area contributed by atoms with Gasteiger partial charge < -0.3 is 16.0 Å². The van der Waals surface area contributed by atoms with Gasteiger partial charge in [0.2, 0.25) is 11.8 Å². The van der Waals surface area contributed by atoms with Crippen molar-refractivity contribution < 1.29 is 9.59 Å². The average molecular weight is 283 g/mol. The van der Waals surface area contributed by atoms with E-state index in [9.17, 15) is 9.59 Å². The Bertz CT molecular complexity index is 344. The third kappa shape index (κ3) is 4.78. The summed E-state index contributed by atoms with van der Waals surface area (Å²) in [5.74, 6) is 0.329. The zero-order valence-corrected chi connectivity index (χ0v) is 13.2. The summed E-state index contributed by atoms with van der Waals surface area (Å²) in [7, 11) is 0. The first-order valence-corrected chi connectivity index (χ1v) is 7.68. The molecule has 5 nitrogen and oxygen atoms in total. The zero-order valence-electron chi connectivity index (χ0n) is 13.2. The van der Waals surface area contributed by atoms with Crippen molar-refractivity contribution in [3.05, 3.63) is 0 Å². The predicted molar refractivity (Wildman–Crippen MR) is 80.0 cm³/mol. The highest BCUT2D eigenvalue weighted by Crippen LogP contribution is 2.29. The first kappa shape index (κ1) is 17.0. The molecular formula is C15H29N3O2. The molecule has 3 N–H and O–H groups in total. The van der Waals surface area contributed by atoms with Gasteiger partial charge >= 0.3 is 0 Å². The van der Waals surface area contributed by atoms with E-state index in [1.54, 1.807) is 4.90 Å². The maximum absolute atomic E-state index is 12.6. The lowest BCUT2D eigenvalue weighted by molar-refractivity contribution is -0.141. The number of nitrogens with zero attached hydrogens (tertiary/aromatic N) is 1. The first-order valence-electron chi connectivity index (χ1n) is 7.68. The van der Waals surface area contributed by atoms with E-state index >= 15 is 0 Å². The van der Waals surface area contributed by atoms with Gasteiger partial charge in [0.1, 0.15) is 0 Å². The molecule has 3 atom stereocenters. The monoisotopic (exact) mass is 283 g/mol. The highest BCUT2D eigenvalue weighted by Gasteiger charge is 2.34. The second-order valence-corrected chi connectivity index (χ2v) is 6.26. The smallest absolute Gasteiger partial charge is 0.239 e. The average Bonchev–Trinajstić information content (AvgIpc) is 2.37. The van der Waals surface area contributed by atoms with E-state index in [1.807, 2.05) is 20.8 Å². The molecule has 1 fully saturated rings. The molecular weight excluding hydrogens is 254 g/mol. The maximum Gasteiger partial charge on any atom is 0.239 e.